The first-order valence-electron chi connectivity index (χ1n) is 10.0. The highest BCUT2D eigenvalue weighted by atomic mass is 32.1. The summed E-state index contributed by atoms with van der Waals surface area (Å²) in [5, 5.41) is 14.0. The zero-order chi connectivity index (χ0) is 22.7. The second-order valence-electron chi connectivity index (χ2n) is 7.34. The molecule has 0 fully saturated rings. The fourth-order valence-corrected chi connectivity index (χ4v) is 5.26. The van der Waals surface area contributed by atoms with Crippen molar-refractivity contribution in [1.29, 1.82) is 0 Å². The Morgan fingerprint density at radius 1 is 1.12 bits per heavy atom. The smallest absolute Gasteiger partial charge is 0.269 e. The molecule has 4 rings (SSSR count). The predicted molar refractivity (Wildman–Crippen MR) is 129 cm³/mol. The van der Waals surface area contributed by atoms with Crippen LogP contribution in [0.3, 0.4) is 0 Å². The number of nitrogens with zero attached hydrogens (tertiary/aromatic N) is 3. The van der Waals surface area contributed by atoms with E-state index in [1.165, 1.54) is 23.5 Å². The maximum Gasteiger partial charge on any atom is 0.269 e. The number of carbonyl (C=O) groups excluding carboxylic acids is 1. The first-order chi connectivity index (χ1) is 15.4. The van der Waals surface area contributed by atoms with Gasteiger partial charge in [0.1, 0.15) is 5.01 Å². The van der Waals surface area contributed by atoms with E-state index in [2.05, 4.69) is 0 Å². The van der Waals surface area contributed by atoms with Crippen molar-refractivity contribution in [2.45, 2.75) is 19.4 Å². The Labute approximate surface area is 194 Å². The van der Waals surface area contributed by atoms with Gasteiger partial charge in [0.15, 0.2) is 0 Å². The molecule has 0 saturated carbocycles. The molecule has 2 aromatic carbocycles. The van der Waals surface area contributed by atoms with Gasteiger partial charge in [0.2, 0.25) is 5.91 Å². The molecule has 1 unspecified atom stereocenters. The van der Waals surface area contributed by atoms with Crippen LogP contribution in [0.2, 0.25) is 0 Å². The van der Waals surface area contributed by atoms with Crippen LogP contribution in [0.25, 0.3) is 21.1 Å². The lowest BCUT2D eigenvalue weighted by molar-refractivity contribution is -0.384. The number of thiophene rings is 1. The molecule has 0 radical (unpaired) electrons. The number of hydrogen-bond acceptors (Lipinski definition) is 6. The maximum atomic E-state index is 13.2. The molecule has 2 heterocycles. The molecule has 0 aliphatic carbocycles. The molecule has 0 bridgehead atoms. The molecule has 4 aromatic rings. The lowest BCUT2D eigenvalue weighted by Crippen LogP contribution is -2.30. The van der Waals surface area contributed by atoms with Gasteiger partial charge in [-0.15, -0.1) is 22.7 Å². The van der Waals surface area contributed by atoms with Gasteiger partial charge in [0.05, 0.1) is 28.0 Å². The fourth-order valence-electron chi connectivity index (χ4n) is 3.38. The van der Waals surface area contributed by atoms with E-state index < -0.39 is 4.92 Å². The molecule has 0 saturated heterocycles. The lowest BCUT2D eigenvalue weighted by atomic mass is 10.1. The second-order valence-corrected chi connectivity index (χ2v) is 9.37. The number of hydrogen-bond donors (Lipinski definition) is 0. The van der Waals surface area contributed by atoms with Crippen LogP contribution < -0.4 is 0 Å². The number of carbonyl (C=O) groups is 1. The normalized spacial score (nSPS) is 11.8. The van der Waals surface area contributed by atoms with E-state index in [9.17, 15) is 14.9 Å². The van der Waals surface area contributed by atoms with E-state index in [4.69, 9.17) is 4.98 Å². The molecular weight excluding hydrogens is 442 g/mol. The summed E-state index contributed by atoms with van der Waals surface area (Å²) in [4.78, 5) is 32.3. The van der Waals surface area contributed by atoms with Crippen LogP contribution in [0.15, 0.2) is 72.1 Å². The topological polar surface area (TPSA) is 76.3 Å². The van der Waals surface area contributed by atoms with Gasteiger partial charge in [-0.25, -0.2) is 4.98 Å². The van der Waals surface area contributed by atoms with E-state index in [0.717, 1.165) is 31.6 Å². The van der Waals surface area contributed by atoms with Crippen molar-refractivity contribution in [2.24, 2.45) is 0 Å². The summed E-state index contributed by atoms with van der Waals surface area (Å²) in [6.45, 7) is 1.87. The van der Waals surface area contributed by atoms with Crippen LogP contribution in [-0.4, -0.2) is 27.8 Å². The van der Waals surface area contributed by atoms with Crippen molar-refractivity contribution in [3.8, 4) is 21.1 Å². The highest BCUT2D eigenvalue weighted by Gasteiger charge is 2.23. The highest BCUT2D eigenvalue weighted by molar-refractivity contribution is 7.17. The molecule has 0 spiro atoms. The third kappa shape index (κ3) is 4.61. The van der Waals surface area contributed by atoms with Crippen LogP contribution >= 0.6 is 22.7 Å². The molecule has 2 aromatic heterocycles. The molecule has 8 heteroatoms. The average molecular weight is 464 g/mol. The summed E-state index contributed by atoms with van der Waals surface area (Å²) in [5.41, 5.74) is 2.61. The maximum absolute atomic E-state index is 13.2. The van der Waals surface area contributed by atoms with Gasteiger partial charge in [-0.05, 0) is 23.9 Å². The van der Waals surface area contributed by atoms with Crippen molar-refractivity contribution < 1.29 is 9.72 Å². The van der Waals surface area contributed by atoms with Crippen LogP contribution in [0.1, 0.15) is 23.4 Å². The van der Waals surface area contributed by atoms with E-state index in [1.54, 1.807) is 35.4 Å². The van der Waals surface area contributed by atoms with Gasteiger partial charge in [0.25, 0.3) is 5.69 Å². The van der Waals surface area contributed by atoms with Gasteiger partial charge in [-0.3, -0.25) is 14.9 Å². The molecule has 162 valence electrons. The Morgan fingerprint density at radius 2 is 1.91 bits per heavy atom. The molecule has 32 heavy (non-hydrogen) atoms. The minimum atomic E-state index is -0.423. The number of nitro benzene ring substituents is 1. The van der Waals surface area contributed by atoms with Crippen molar-refractivity contribution in [3.05, 3.63) is 92.7 Å². The van der Waals surface area contributed by atoms with Crippen LogP contribution in [0.5, 0.6) is 0 Å². The van der Waals surface area contributed by atoms with E-state index in [0.29, 0.717) is 0 Å². The van der Waals surface area contributed by atoms with Gasteiger partial charge >= 0.3 is 0 Å². The molecule has 6 nitrogen and oxygen atoms in total. The summed E-state index contributed by atoms with van der Waals surface area (Å²) in [5.74, 6) is -0.0647. The second kappa shape index (κ2) is 9.42. The number of likely N-dealkylation sites (N-methyl/N-ethyl adjacent to an activating group) is 1. The quantitative estimate of drug-likeness (QED) is 0.241. The van der Waals surface area contributed by atoms with E-state index in [1.807, 2.05) is 54.8 Å². The Balaban J connectivity index is 1.60. The van der Waals surface area contributed by atoms with Gasteiger partial charge in [0, 0.05) is 29.6 Å². The van der Waals surface area contributed by atoms with Crippen molar-refractivity contribution >= 4 is 34.3 Å². The Morgan fingerprint density at radius 3 is 2.59 bits per heavy atom. The standard InChI is InChI=1S/C24H21N3O3S2/c1-16(18-10-6-11-19(14-18)27(29)30)26(2)22(28)15-21-23(20-12-7-13-31-20)25-24(32-21)17-8-4-3-5-9-17/h3-14,16H,15H2,1-2H3. The summed E-state index contributed by atoms with van der Waals surface area (Å²) >= 11 is 3.13. The minimum Gasteiger partial charge on any atom is -0.339 e. The number of rotatable bonds is 7. The van der Waals surface area contributed by atoms with Gasteiger partial charge in [-0.2, -0.15) is 0 Å². The van der Waals surface area contributed by atoms with E-state index >= 15 is 0 Å². The first kappa shape index (κ1) is 21.9. The van der Waals surface area contributed by atoms with Gasteiger partial charge in [-0.1, -0.05) is 48.5 Å². The molecule has 1 amide bonds. The Hall–Kier alpha value is -3.36. The third-order valence-corrected chi connectivity index (χ3v) is 7.30. The molecule has 0 aliphatic heterocycles. The minimum absolute atomic E-state index is 0.0186. The van der Waals surface area contributed by atoms with E-state index in [-0.39, 0.29) is 24.1 Å². The number of non-ortho nitro benzene ring substituents is 1. The average Bonchev–Trinajstić information content (AvgIpc) is 3.49. The molecule has 1 atom stereocenters. The molecule has 0 N–H and O–H groups in total. The summed E-state index contributed by atoms with van der Waals surface area (Å²) < 4.78 is 0. The first-order valence-corrected chi connectivity index (χ1v) is 11.7. The summed E-state index contributed by atoms with van der Waals surface area (Å²) in [6, 6.07) is 20.0. The van der Waals surface area contributed by atoms with Crippen LogP contribution in [0, 0.1) is 10.1 Å². The number of benzene rings is 2. The van der Waals surface area contributed by atoms with Crippen molar-refractivity contribution in [2.75, 3.05) is 7.05 Å². The third-order valence-electron chi connectivity index (χ3n) is 5.32. The Bertz CT molecular complexity index is 1240. The highest BCUT2D eigenvalue weighted by Crippen LogP contribution is 2.36. The number of nitro groups is 1. The Kier molecular flexibility index (Phi) is 6.43. The van der Waals surface area contributed by atoms with Crippen LogP contribution in [0.4, 0.5) is 5.69 Å². The number of amides is 1. The number of aromatic nitrogens is 1. The molecular formula is C24H21N3O3S2. The van der Waals surface area contributed by atoms with Crippen molar-refractivity contribution in [1.82, 2.24) is 9.88 Å². The zero-order valence-electron chi connectivity index (χ0n) is 17.6. The van der Waals surface area contributed by atoms with Crippen molar-refractivity contribution in [3.63, 3.8) is 0 Å². The summed E-state index contributed by atoms with van der Waals surface area (Å²) in [7, 11) is 1.73. The zero-order valence-corrected chi connectivity index (χ0v) is 19.2. The SMILES string of the molecule is CC(c1cccc([N+](=O)[O-])c1)N(C)C(=O)Cc1sc(-c2ccccc2)nc1-c1cccs1. The molecule has 0 aliphatic rings. The monoisotopic (exact) mass is 463 g/mol. The summed E-state index contributed by atoms with van der Waals surface area (Å²) in [6.07, 6.45) is 0.216. The predicted octanol–water partition coefficient (Wildman–Crippen LogP) is 6.21. The lowest BCUT2D eigenvalue weighted by Gasteiger charge is -2.25. The largest absolute Gasteiger partial charge is 0.339 e. The number of thiazole rings is 1. The van der Waals surface area contributed by atoms with Gasteiger partial charge < -0.3 is 4.90 Å². The fraction of sp³-hybridized carbons (Fsp3) is 0.167. The van der Waals surface area contributed by atoms with Crippen LogP contribution in [-0.2, 0) is 11.2 Å².